The minimum atomic E-state index is -0.923. The Labute approximate surface area is 131 Å². The number of nitriles is 1. The fourth-order valence-electron chi connectivity index (χ4n) is 2.72. The maximum atomic E-state index is 12.6. The number of carbonyl (C=O) groups excluding carboxylic acids is 2. The van der Waals surface area contributed by atoms with Crippen molar-refractivity contribution in [3.8, 4) is 6.07 Å². The summed E-state index contributed by atoms with van der Waals surface area (Å²) in [5.41, 5.74) is 0.754. The zero-order valence-electron chi connectivity index (χ0n) is 12.9. The number of hydrogen-bond acceptors (Lipinski definition) is 3. The third-order valence-electron chi connectivity index (χ3n) is 3.94. The molecule has 1 aliphatic heterocycles. The monoisotopic (exact) mass is 299 g/mol. The number of benzene rings is 1. The van der Waals surface area contributed by atoms with Crippen molar-refractivity contribution >= 4 is 17.5 Å². The first-order valence-corrected chi connectivity index (χ1v) is 7.71. The zero-order valence-corrected chi connectivity index (χ0v) is 12.9. The third kappa shape index (κ3) is 3.64. The van der Waals surface area contributed by atoms with Crippen LogP contribution in [0.25, 0.3) is 0 Å². The molecule has 1 unspecified atom stereocenters. The van der Waals surface area contributed by atoms with E-state index in [-0.39, 0.29) is 18.2 Å². The van der Waals surface area contributed by atoms with Gasteiger partial charge < -0.3 is 9.80 Å². The number of para-hydroxylation sites is 1. The van der Waals surface area contributed by atoms with E-state index in [0.717, 1.165) is 31.6 Å². The van der Waals surface area contributed by atoms with Gasteiger partial charge in [-0.15, -0.1) is 0 Å². The molecule has 1 aromatic rings. The second-order valence-electron chi connectivity index (χ2n) is 5.39. The van der Waals surface area contributed by atoms with Gasteiger partial charge in [0.2, 0.25) is 11.8 Å². The lowest BCUT2D eigenvalue weighted by Crippen LogP contribution is -2.38. The average Bonchev–Trinajstić information content (AvgIpc) is 3.08. The maximum Gasteiger partial charge on any atom is 0.244 e. The Morgan fingerprint density at radius 3 is 2.45 bits per heavy atom. The van der Waals surface area contributed by atoms with Crippen molar-refractivity contribution in [1.82, 2.24) is 4.90 Å². The fraction of sp³-hybridized carbons (Fsp3) is 0.471. The molecule has 0 spiro atoms. The minimum absolute atomic E-state index is 0.0291. The van der Waals surface area contributed by atoms with Crippen LogP contribution in [0.1, 0.15) is 26.2 Å². The molecule has 2 rings (SSSR count). The molecule has 2 amide bonds. The molecule has 22 heavy (non-hydrogen) atoms. The highest BCUT2D eigenvalue weighted by atomic mass is 16.2. The molecule has 1 aromatic carbocycles. The van der Waals surface area contributed by atoms with Gasteiger partial charge in [0.25, 0.3) is 0 Å². The number of carbonyl (C=O) groups is 2. The van der Waals surface area contributed by atoms with E-state index < -0.39 is 5.92 Å². The van der Waals surface area contributed by atoms with Crippen molar-refractivity contribution in [3.63, 3.8) is 0 Å². The Kier molecular flexibility index (Phi) is 5.54. The molecule has 1 heterocycles. The van der Waals surface area contributed by atoms with Gasteiger partial charge in [-0.05, 0) is 31.9 Å². The molecule has 1 fully saturated rings. The summed E-state index contributed by atoms with van der Waals surface area (Å²) in [6.07, 6.45) is 1.97. The van der Waals surface area contributed by atoms with Crippen LogP contribution in [0.3, 0.4) is 0 Å². The molecule has 5 nitrogen and oxygen atoms in total. The molecular formula is C17H21N3O2. The van der Waals surface area contributed by atoms with Crippen molar-refractivity contribution < 1.29 is 9.59 Å². The topological polar surface area (TPSA) is 64.4 Å². The highest BCUT2D eigenvalue weighted by Gasteiger charge is 2.29. The van der Waals surface area contributed by atoms with E-state index in [1.165, 1.54) is 0 Å². The summed E-state index contributed by atoms with van der Waals surface area (Å²) in [7, 11) is 0. The highest BCUT2D eigenvalue weighted by Crippen LogP contribution is 2.19. The van der Waals surface area contributed by atoms with Crippen LogP contribution in [0.2, 0.25) is 0 Å². The van der Waals surface area contributed by atoms with Crippen LogP contribution in [0.15, 0.2) is 30.3 Å². The first-order valence-electron chi connectivity index (χ1n) is 7.71. The molecule has 0 aromatic heterocycles. The molecular weight excluding hydrogens is 278 g/mol. The van der Waals surface area contributed by atoms with Gasteiger partial charge >= 0.3 is 0 Å². The second-order valence-corrected chi connectivity index (χ2v) is 5.39. The smallest absolute Gasteiger partial charge is 0.244 e. The number of nitrogens with zero attached hydrogens (tertiary/aromatic N) is 3. The van der Waals surface area contributed by atoms with E-state index in [1.807, 2.05) is 43.3 Å². The van der Waals surface area contributed by atoms with E-state index in [4.69, 9.17) is 0 Å². The van der Waals surface area contributed by atoms with Gasteiger partial charge in [0, 0.05) is 25.3 Å². The molecule has 0 bridgehead atoms. The lowest BCUT2D eigenvalue weighted by molar-refractivity contribution is -0.133. The van der Waals surface area contributed by atoms with Crippen molar-refractivity contribution in [2.75, 3.05) is 24.5 Å². The van der Waals surface area contributed by atoms with Crippen molar-refractivity contribution in [2.24, 2.45) is 5.92 Å². The van der Waals surface area contributed by atoms with E-state index in [2.05, 4.69) is 0 Å². The summed E-state index contributed by atoms with van der Waals surface area (Å²) in [4.78, 5) is 28.1. The summed E-state index contributed by atoms with van der Waals surface area (Å²) < 4.78 is 0. The van der Waals surface area contributed by atoms with Gasteiger partial charge in [-0.2, -0.15) is 5.26 Å². The van der Waals surface area contributed by atoms with Crippen LogP contribution in [0.5, 0.6) is 0 Å². The van der Waals surface area contributed by atoms with Crippen molar-refractivity contribution in [3.05, 3.63) is 30.3 Å². The SMILES string of the molecule is CCN(C(=O)C(C#N)CC(=O)N1CCCC1)c1ccccc1. The molecule has 1 aliphatic rings. The van der Waals surface area contributed by atoms with Gasteiger partial charge in [-0.1, -0.05) is 18.2 Å². The first-order chi connectivity index (χ1) is 10.7. The lowest BCUT2D eigenvalue weighted by Gasteiger charge is -2.24. The summed E-state index contributed by atoms with van der Waals surface area (Å²) in [6, 6.07) is 11.2. The van der Waals surface area contributed by atoms with Crippen LogP contribution in [-0.2, 0) is 9.59 Å². The molecule has 0 saturated carbocycles. The largest absolute Gasteiger partial charge is 0.343 e. The fourth-order valence-corrected chi connectivity index (χ4v) is 2.72. The standard InChI is InChI=1S/C17H21N3O2/c1-2-20(15-8-4-3-5-9-15)17(22)14(13-18)12-16(21)19-10-6-7-11-19/h3-5,8-9,14H,2,6-7,10-12H2,1H3. The number of anilines is 1. The number of hydrogen-bond donors (Lipinski definition) is 0. The third-order valence-corrected chi connectivity index (χ3v) is 3.94. The Morgan fingerprint density at radius 1 is 1.27 bits per heavy atom. The molecule has 116 valence electrons. The van der Waals surface area contributed by atoms with Crippen LogP contribution < -0.4 is 4.90 Å². The molecule has 5 heteroatoms. The molecule has 0 N–H and O–H groups in total. The summed E-state index contributed by atoms with van der Waals surface area (Å²) in [5, 5.41) is 9.31. The molecule has 1 saturated heterocycles. The second kappa shape index (κ2) is 7.60. The Bertz CT molecular complexity index is 559. The predicted molar refractivity (Wildman–Crippen MR) is 84.0 cm³/mol. The number of amides is 2. The predicted octanol–water partition coefficient (Wildman–Crippen LogP) is 2.19. The summed E-state index contributed by atoms with van der Waals surface area (Å²) in [6.45, 7) is 3.81. The average molecular weight is 299 g/mol. The van der Waals surface area contributed by atoms with Crippen LogP contribution in [-0.4, -0.2) is 36.3 Å². The lowest BCUT2D eigenvalue weighted by atomic mass is 10.0. The van der Waals surface area contributed by atoms with Gasteiger partial charge in [-0.3, -0.25) is 9.59 Å². The first kappa shape index (κ1) is 16.0. The molecule has 0 radical (unpaired) electrons. The van der Waals surface area contributed by atoms with Crippen molar-refractivity contribution in [1.29, 1.82) is 5.26 Å². The summed E-state index contributed by atoms with van der Waals surface area (Å²) >= 11 is 0. The van der Waals surface area contributed by atoms with Gasteiger partial charge in [-0.25, -0.2) is 0 Å². The van der Waals surface area contributed by atoms with Crippen LogP contribution in [0, 0.1) is 17.2 Å². The minimum Gasteiger partial charge on any atom is -0.343 e. The summed E-state index contributed by atoms with van der Waals surface area (Å²) in [5.74, 6) is -1.32. The Balaban J connectivity index is 2.07. The van der Waals surface area contributed by atoms with E-state index >= 15 is 0 Å². The van der Waals surface area contributed by atoms with Gasteiger partial charge in [0.15, 0.2) is 0 Å². The zero-order chi connectivity index (χ0) is 15.9. The highest BCUT2D eigenvalue weighted by molar-refractivity contribution is 5.98. The quantitative estimate of drug-likeness (QED) is 0.837. The Hall–Kier alpha value is -2.35. The van der Waals surface area contributed by atoms with E-state index in [9.17, 15) is 14.9 Å². The van der Waals surface area contributed by atoms with E-state index in [1.54, 1.807) is 9.80 Å². The van der Waals surface area contributed by atoms with Crippen molar-refractivity contribution in [2.45, 2.75) is 26.2 Å². The normalized spacial score (nSPS) is 15.2. The maximum absolute atomic E-state index is 12.6. The van der Waals surface area contributed by atoms with Gasteiger partial charge in [0.05, 0.1) is 12.5 Å². The Morgan fingerprint density at radius 2 is 1.91 bits per heavy atom. The van der Waals surface area contributed by atoms with Crippen LogP contribution in [0.4, 0.5) is 5.69 Å². The van der Waals surface area contributed by atoms with E-state index in [0.29, 0.717) is 6.54 Å². The van der Waals surface area contributed by atoms with Crippen LogP contribution >= 0.6 is 0 Å². The molecule has 1 atom stereocenters. The molecule has 0 aliphatic carbocycles. The van der Waals surface area contributed by atoms with Gasteiger partial charge in [0.1, 0.15) is 5.92 Å². The number of likely N-dealkylation sites (tertiary alicyclic amines) is 1. The number of rotatable bonds is 5.